The highest BCUT2D eigenvalue weighted by Gasteiger charge is 2.23. The Labute approximate surface area is 94.2 Å². The molecule has 0 radical (unpaired) electrons. The first kappa shape index (κ1) is 10.8. The SMILES string of the molecule is CCn1nc(C)c(N)c1NC1CNC(=O)C1. The summed E-state index contributed by atoms with van der Waals surface area (Å²) in [6.45, 7) is 5.29. The predicted molar refractivity (Wildman–Crippen MR) is 62.1 cm³/mol. The van der Waals surface area contributed by atoms with Crippen LogP contribution in [0.2, 0.25) is 0 Å². The lowest BCUT2D eigenvalue weighted by atomic mass is 10.2. The molecule has 88 valence electrons. The number of aryl methyl sites for hydroxylation is 2. The number of amides is 1. The van der Waals surface area contributed by atoms with Crippen molar-refractivity contribution in [2.45, 2.75) is 32.9 Å². The second kappa shape index (κ2) is 4.03. The molecule has 0 saturated carbocycles. The van der Waals surface area contributed by atoms with Gasteiger partial charge >= 0.3 is 0 Å². The summed E-state index contributed by atoms with van der Waals surface area (Å²) in [5.74, 6) is 0.900. The van der Waals surface area contributed by atoms with Crippen molar-refractivity contribution in [3.8, 4) is 0 Å². The molecule has 1 fully saturated rings. The summed E-state index contributed by atoms with van der Waals surface area (Å²) in [5, 5.41) is 10.4. The second-order valence-corrected chi connectivity index (χ2v) is 4.01. The largest absolute Gasteiger partial charge is 0.394 e. The van der Waals surface area contributed by atoms with E-state index in [1.807, 2.05) is 18.5 Å². The number of aromatic nitrogens is 2. The molecule has 6 heteroatoms. The average Bonchev–Trinajstić information content (AvgIpc) is 2.77. The molecule has 1 atom stereocenters. The zero-order chi connectivity index (χ0) is 11.7. The Bertz CT molecular complexity index is 412. The summed E-state index contributed by atoms with van der Waals surface area (Å²) in [5.41, 5.74) is 7.43. The summed E-state index contributed by atoms with van der Waals surface area (Å²) in [6.07, 6.45) is 0.493. The minimum Gasteiger partial charge on any atom is -0.394 e. The van der Waals surface area contributed by atoms with Crippen LogP contribution >= 0.6 is 0 Å². The molecule has 2 rings (SSSR count). The molecule has 1 unspecified atom stereocenters. The monoisotopic (exact) mass is 223 g/mol. The van der Waals surface area contributed by atoms with E-state index in [4.69, 9.17) is 5.73 Å². The van der Waals surface area contributed by atoms with E-state index in [-0.39, 0.29) is 11.9 Å². The average molecular weight is 223 g/mol. The molecule has 1 saturated heterocycles. The maximum absolute atomic E-state index is 11.1. The highest BCUT2D eigenvalue weighted by Crippen LogP contribution is 2.23. The van der Waals surface area contributed by atoms with Crippen molar-refractivity contribution in [3.63, 3.8) is 0 Å². The number of nitrogens with one attached hydrogen (secondary N) is 2. The number of rotatable bonds is 3. The van der Waals surface area contributed by atoms with Gasteiger partial charge in [0.2, 0.25) is 5.91 Å². The molecule has 1 aliphatic rings. The van der Waals surface area contributed by atoms with E-state index in [1.165, 1.54) is 0 Å². The van der Waals surface area contributed by atoms with Gasteiger partial charge in [0, 0.05) is 19.5 Å². The van der Waals surface area contributed by atoms with Gasteiger partial charge < -0.3 is 16.4 Å². The lowest BCUT2D eigenvalue weighted by molar-refractivity contribution is -0.119. The molecule has 2 heterocycles. The Morgan fingerprint density at radius 3 is 3.00 bits per heavy atom. The van der Waals surface area contributed by atoms with Crippen molar-refractivity contribution >= 4 is 17.4 Å². The minimum absolute atomic E-state index is 0.0790. The summed E-state index contributed by atoms with van der Waals surface area (Å²) in [6, 6.07) is 0.108. The van der Waals surface area contributed by atoms with E-state index in [9.17, 15) is 4.79 Å². The Hall–Kier alpha value is -1.72. The zero-order valence-electron chi connectivity index (χ0n) is 9.58. The normalized spacial score (nSPS) is 19.9. The van der Waals surface area contributed by atoms with Crippen LogP contribution in [0.4, 0.5) is 11.5 Å². The van der Waals surface area contributed by atoms with Crippen molar-refractivity contribution in [2.75, 3.05) is 17.6 Å². The number of anilines is 2. The number of nitrogens with zero attached hydrogens (tertiary/aromatic N) is 2. The third-order valence-electron chi connectivity index (χ3n) is 2.79. The first-order valence-electron chi connectivity index (χ1n) is 5.48. The molecule has 1 aliphatic heterocycles. The predicted octanol–water partition coefficient (Wildman–Crippen LogP) is 0.0940. The van der Waals surface area contributed by atoms with Gasteiger partial charge in [0.05, 0.1) is 17.4 Å². The first-order chi connectivity index (χ1) is 7.61. The smallest absolute Gasteiger partial charge is 0.222 e. The van der Waals surface area contributed by atoms with Crippen molar-refractivity contribution in [3.05, 3.63) is 5.69 Å². The Kier molecular flexibility index (Phi) is 2.72. The number of nitrogens with two attached hydrogens (primary N) is 1. The molecule has 0 aliphatic carbocycles. The third kappa shape index (κ3) is 1.82. The summed E-state index contributed by atoms with van der Waals surface area (Å²) < 4.78 is 1.83. The van der Waals surface area contributed by atoms with E-state index >= 15 is 0 Å². The van der Waals surface area contributed by atoms with Gasteiger partial charge in [-0.05, 0) is 13.8 Å². The lowest BCUT2D eigenvalue weighted by Crippen LogP contribution is -2.24. The number of carbonyl (C=O) groups excluding carboxylic acids is 1. The van der Waals surface area contributed by atoms with Crippen LogP contribution in [0.1, 0.15) is 19.0 Å². The standard InChI is InChI=1S/C10H17N5O/c1-3-15-10(9(11)6(2)14-15)13-7-4-8(16)12-5-7/h7,13H,3-5,11H2,1-2H3,(H,12,16). The van der Waals surface area contributed by atoms with Crippen molar-refractivity contribution in [2.24, 2.45) is 0 Å². The fraction of sp³-hybridized carbons (Fsp3) is 0.600. The van der Waals surface area contributed by atoms with E-state index in [1.54, 1.807) is 0 Å². The molecule has 1 amide bonds. The number of carbonyl (C=O) groups is 1. The quantitative estimate of drug-likeness (QED) is 0.678. The molecule has 6 nitrogen and oxygen atoms in total. The third-order valence-corrected chi connectivity index (χ3v) is 2.79. The van der Waals surface area contributed by atoms with Crippen LogP contribution in [0.25, 0.3) is 0 Å². The van der Waals surface area contributed by atoms with E-state index < -0.39 is 0 Å². The molecular weight excluding hydrogens is 206 g/mol. The van der Waals surface area contributed by atoms with E-state index in [0.717, 1.165) is 18.1 Å². The molecule has 1 aromatic heterocycles. The highest BCUT2D eigenvalue weighted by molar-refractivity contribution is 5.80. The second-order valence-electron chi connectivity index (χ2n) is 4.01. The number of nitrogen functional groups attached to an aromatic ring is 1. The molecular formula is C10H17N5O. The van der Waals surface area contributed by atoms with Gasteiger partial charge in [0.1, 0.15) is 5.82 Å². The Morgan fingerprint density at radius 1 is 1.69 bits per heavy atom. The van der Waals surface area contributed by atoms with Gasteiger partial charge in [-0.15, -0.1) is 0 Å². The molecule has 16 heavy (non-hydrogen) atoms. The molecule has 0 aromatic carbocycles. The lowest BCUT2D eigenvalue weighted by Gasteiger charge is -2.13. The fourth-order valence-electron chi connectivity index (χ4n) is 1.88. The van der Waals surface area contributed by atoms with Crippen LogP contribution in [-0.4, -0.2) is 28.3 Å². The van der Waals surface area contributed by atoms with E-state index in [0.29, 0.717) is 18.7 Å². The van der Waals surface area contributed by atoms with Crippen molar-refractivity contribution < 1.29 is 4.79 Å². The van der Waals surface area contributed by atoms with Crippen molar-refractivity contribution in [1.29, 1.82) is 0 Å². The molecule has 1 aromatic rings. The Balaban J connectivity index is 2.17. The first-order valence-corrected chi connectivity index (χ1v) is 5.48. The van der Waals surface area contributed by atoms with Gasteiger partial charge in [-0.1, -0.05) is 0 Å². The zero-order valence-corrected chi connectivity index (χ0v) is 9.58. The van der Waals surface area contributed by atoms with Crippen LogP contribution in [0.3, 0.4) is 0 Å². The van der Waals surface area contributed by atoms with Crippen molar-refractivity contribution in [1.82, 2.24) is 15.1 Å². The fourth-order valence-corrected chi connectivity index (χ4v) is 1.88. The molecule has 4 N–H and O–H groups in total. The van der Waals surface area contributed by atoms with Crippen LogP contribution in [0.5, 0.6) is 0 Å². The topological polar surface area (TPSA) is 85.0 Å². The number of hydrogen-bond acceptors (Lipinski definition) is 4. The van der Waals surface area contributed by atoms with Gasteiger partial charge in [-0.25, -0.2) is 4.68 Å². The summed E-state index contributed by atoms with van der Waals surface area (Å²) in [7, 11) is 0. The van der Waals surface area contributed by atoms with E-state index in [2.05, 4.69) is 15.7 Å². The van der Waals surface area contributed by atoms with Gasteiger partial charge in [-0.2, -0.15) is 5.10 Å². The van der Waals surface area contributed by atoms with Gasteiger partial charge in [0.15, 0.2) is 0 Å². The van der Waals surface area contributed by atoms with Crippen LogP contribution in [-0.2, 0) is 11.3 Å². The minimum atomic E-state index is 0.0790. The summed E-state index contributed by atoms with van der Waals surface area (Å²) in [4.78, 5) is 11.1. The maximum Gasteiger partial charge on any atom is 0.222 e. The maximum atomic E-state index is 11.1. The molecule has 0 spiro atoms. The van der Waals surface area contributed by atoms with Crippen LogP contribution in [0.15, 0.2) is 0 Å². The molecule has 0 bridgehead atoms. The van der Waals surface area contributed by atoms with Gasteiger partial charge in [0.25, 0.3) is 0 Å². The van der Waals surface area contributed by atoms with Crippen LogP contribution in [0, 0.1) is 6.92 Å². The number of hydrogen-bond donors (Lipinski definition) is 3. The summed E-state index contributed by atoms with van der Waals surface area (Å²) >= 11 is 0. The Morgan fingerprint density at radius 2 is 2.44 bits per heavy atom. The highest BCUT2D eigenvalue weighted by atomic mass is 16.1. The van der Waals surface area contributed by atoms with Gasteiger partial charge in [-0.3, -0.25) is 4.79 Å². The van der Waals surface area contributed by atoms with Crippen LogP contribution < -0.4 is 16.4 Å².